The maximum Gasteiger partial charge on any atom is 0.276 e. The molecule has 0 radical (unpaired) electrons. The van der Waals surface area contributed by atoms with Gasteiger partial charge in [-0.3, -0.25) is 4.79 Å². The molecule has 0 aromatic carbocycles. The Labute approximate surface area is 148 Å². The summed E-state index contributed by atoms with van der Waals surface area (Å²) in [5.41, 5.74) is 2.41. The van der Waals surface area contributed by atoms with Gasteiger partial charge in [0.05, 0.1) is 0 Å². The summed E-state index contributed by atoms with van der Waals surface area (Å²) in [6.45, 7) is 7.51. The molecule has 3 rings (SSSR count). The van der Waals surface area contributed by atoms with Crippen LogP contribution in [0.25, 0.3) is 0 Å². The van der Waals surface area contributed by atoms with Crippen LogP contribution < -0.4 is 4.90 Å². The Kier molecular flexibility index (Phi) is 5.03. The number of amides is 1. The van der Waals surface area contributed by atoms with Crippen LogP contribution in [-0.2, 0) is 6.54 Å². The van der Waals surface area contributed by atoms with E-state index in [1.165, 1.54) is 0 Å². The van der Waals surface area contributed by atoms with Crippen LogP contribution >= 0.6 is 0 Å². The minimum absolute atomic E-state index is 0.0992. The summed E-state index contributed by atoms with van der Waals surface area (Å²) in [6.07, 6.45) is 0. The average Bonchev–Trinajstić information content (AvgIpc) is 2.92. The van der Waals surface area contributed by atoms with E-state index in [1.807, 2.05) is 17.9 Å². The van der Waals surface area contributed by atoms with Crippen LogP contribution in [0.2, 0.25) is 0 Å². The molecule has 3 heterocycles. The van der Waals surface area contributed by atoms with E-state index >= 15 is 0 Å². The number of fused-ring (bicyclic) bond motifs is 1. The minimum atomic E-state index is -0.0992. The highest BCUT2D eigenvalue weighted by Crippen LogP contribution is 2.24. The number of likely N-dealkylation sites (N-methyl/N-ethyl adjacent to an activating group) is 1. The van der Waals surface area contributed by atoms with Gasteiger partial charge in [-0.15, -0.1) is 0 Å². The number of nitrogens with zero attached hydrogens (tertiary/aromatic N) is 5. The van der Waals surface area contributed by atoms with Crippen LogP contribution in [0.5, 0.6) is 0 Å². The van der Waals surface area contributed by atoms with E-state index in [9.17, 15) is 4.79 Å². The number of rotatable bonds is 4. The molecule has 1 aliphatic heterocycles. The van der Waals surface area contributed by atoms with Gasteiger partial charge in [-0.2, -0.15) is 0 Å². The third-order valence-corrected chi connectivity index (χ3v) is 4.35. The monoisotopic (exact) mass is 343 g/mol. The number of anilines is 1. The van der Waals surface area contributed by atoms with Crippen LogP contribution in [0.1, 0.15) is 27.5 Å². The van der Waals surface area contributed by atoms with Crippen molar-refractivity contribution in [3.05, 3.63) is 40.9 Å². The fraction of sp³-hybridized carbons (Fsp3) is 0.500. The molecule has 0 fully saturated rings. The summed E-state index contributed by atoms with van der Waals surface area (Å²) in [7, 11) is 4.12. The first-order valence-corrected chi connectivity index (χ1v) is 8.53. The normalized spacial score (nSPS) is 14.6. The van der Waals surface area contributed by atoms with Crippen molar-refractivity contribution < 1.29 is 9.32 Å². The Bertz CT molecular complexity index is 756. The van der Waals surface area contributed by atoms with Gasteiger partial charge in [-0.1, -0.05) is 11.2 Å². The van der Waals surface area contributed by atoms with Crippen molar-refractivity contribution in [1.82, 2.24) is 19.9 Å². The smallest absolute Gasteiger partial charge is 0.276 e. The van der Waals surface area contributed by atoms with Crippen LogP contribution in [0, 0.1) is 13.8 Å². The van der Waals surface area contributed by atoms with E-state index in [2.05, 4.69) is 35.1 Å². The Balaban J connectivity index is 1.85. The number of carbonyl (C=O) groups excluding carboxylic acids is 1. The quantitative estimate of drug-likeness (QED) is 0.842. The molecule has 0 aliphatic carbocycles. The fourth-order valence-electron chi connectivity index (χ4n) is 2.94. The number of carbonyl (C=O) groups is 1. The van der Waals surface area contributed by atoms with Crippen molar-refractivity contribution in [2.75, 3.05) is 45.2 Å². The molecule has 0 unspecified atom stereocenters. The fourth-order valence-corrected chi connectivity index (χ4v) is 2.94. The van der Waals surface area contributed by atoms with Crippen molar-refractivity contribution >= 4 is 11.7 Å². The second-order valence-electron chi connectivity index (χ2n) is 6.78. The molecule has 2 aromatic rings. The maximum absolute atomic E-state index is 12.8. The van der Waals surface area contributed by atoms with E-state index < -0.39 is 0 Å². The van der Waals surface area contributed by atoms with E-state index in [1.54, 1.807) is 13.0 Å². The Hall–Kier alpha value is -2.41. The van der Waals surface area contributed by atoms with Crippen molar-refractivity contribution in [2.24, 2.45) is 0 Å². The van der Waals surface area contributed by atoms with Gasteiger partial charge >= 0.3 is 0 Å². The predicted octanol–water partition coefficient (Wildman–Crippen LogP) is 1.71. The number of aromatic nitrogens is 2. The highest BCUT2D eigenvalue weighted by atomic mass is 16.5. The van der Waals surface area contributed by atoms with Crippen molar-refractivity contribution in [3.63, 3.8) is 0 Å². The molecule has 0 atom stereocenters. The molecular formula is C18H25N5O2. The van der Waals surface area contributed by atoms with E-state index in [-0.39, 0.29) is 5.91 Å². The minimum Gasteiger partial charge on any atom is -0.361 e. The Morgan fingerprint density at radius 1 is 1.28 bits per heavy atom. The number of pyridine rings is 1. The standard InChI is InChI=1S/C18H25N5O2/c1-13-5-6-15-12-23(18(24)16-11-14(2)25-20-16)10-9-22(17(15)19-13)8-7-21(3)4/h5-6,11H,7-10,12H2,1-4H3. The molecule has 0 spiro atoms. The largest absolute Gasteiger partial charge is 0.361 e. The first kappa shape index (κ1) is 17.4. The molecule has 134 valence electrons. The van der Waals surface area contributed by atoms with Crippen LogP contribution in [0.15, 0.2) is 22.7 Å². The van der Waals surface area contributed by atoms with Gasteiger partial charge in [0.2, 0.25) is 0 Å². The van der Waals surface area contributed by atoms with Gasteiger partial charge in [0.1, 0.15) is 11.6 Å². The topological polar surface area (TPSA) is 65.7 Å². The van der Waals surface area contributed by atoms with E-state index in [4.69, 9.17) is 9.51 Å². The Morgan fingerprint density at radius 3 is 2.76 bits per heavy atom. The molecule has 0 saturated heterocycles. The van der Waals surface area contributed by atoms with Gasteiger partial charge in [-0.05, 0) is 34.0 Å². The van der Waals surface area contributed by atoms with Gasteiger partial charge in [-0.25, -0.2) is 4.98 Å². The SMILES string of the molecule is Cc1ccc2c(n1)N(CCN(C)C)CCN(C(=O)c1cc(C)on1)C2. The number of hydrogen-bond acceptors (Lipinski definition) is 6. The second kappa shape index (κ2) is 7.23. The molecule has 25 heavy (non-hydrogen) atoms. The zero-order chi connectivity index (χ0) is 18.0. The van der Waals surface area contributed by atoms with Crippen molar-refractivity contribution in [3.8, 4) is 0 Å². The molecule has 1 aliphatic rings. The molecule has 2 aromatic heterocycles. The summed E-state index contributed by atoms with van der Waals surface area (Å²) in [5, 5.41) is 3.87. The first-order chi connectivity index (χ1) is 11.9. The van der Waals surface area contributed by atoms with E-state index in [0.29, 0.717) is 24.5 Å². The summed E-state index contributed by atoms with van der Waals surface area (Å²) < 4.78 is 5.05. The average molecular weight is 343 g/mol. The first-order valence-electron chi connectivity index (χ1n) is 8.53. The van der Waals surface area contributed by atoms with Gasteiger partial charge in [0.15, 0.2) is 5.69 Å². The maximum atomic E-state index is 12.8. The zero-order valence-electron chi connectivity index (χ0n) is 15.3. The van der Waals surface area contributed by atoms with Crippen LogP contribution in [0.4, 0.5) is 5.82 Å². The van der Waals surface area contributed by atoms with Crippen LogP contribution in [-0.4, -0.2) is 66.1 Å². The number of hydrogen-bond donors (Lipinski definition) is 0. The molecule has 0 bridgehead atoms. The molecule has 0 N–H and O–H groups in total. The van der Waals surface area contributed by atoms with Crippen molar-refractivity contribution in [2.45, 2.75) is 20.4 Å². The molecular weight excluding hydrogens is 318 g/mol. The molecule has 7 heteroatoms. The second-order valence-corrected chi connectivity index (χ2v) is 6.78. The highest BCUT2D eigenvalue weighted by Gasteiger charge is 2.26. The predicted molar refractivity (Wildman–Crippen MR) is 95.7 cm³/mol. The molecule has 1 amide bonds. The lowest BCUT2D eigenvalue weighted by molar-refractivity contribution is 0.0741. The zero-order valence-corrected chi connectivity index (χ0v) is 15.3. The summed E-state index contributed by atoms with van der Waals surface area (Å²) in [6, 6.07) is 5.75. The summed E-state index contributed by atoms with van der Waals surface area (Å²) in [5.74, 6) is 1.52. The van der Waals surface area contributed by atoms with Gasteiger partial charge in [0.25, 0.3) is 5.91 Å². The summed E-state index contributed by atoms with van der Waals surface area (Å²) in [4.78, 5) is 23.8. The Morgan fingerprint density at radius 2 is 2.08 bits per heavy atom. The van der Waals surface area contributed by atoms with E-state index in [0.717, 1.165) is 36.7 Å². The van der Waals surface area contributed by atoms with Gasteiger partial charge in [0, 0.05) is 50.0 Å². The number of aryl methyl sites for hydroxylation is 2. The lowest BCUT2D eigenvalue weighted by atomic mass is 10.2. The van der Waals surface area contributed by atoms with Gasteiger partial charge < -0.3 is 19.2 Å². The highest BCUT2D eigenvalue weighted by molar-refractivity contribution is 5.92. The summed E-state index contributed by atoms with van der Waals surface area (Å²) >= 11 is 0. The lowest BCUT2D eigenvalue weighted by Gasteiger charge is -2.25. The third-order valence-electron chi connectivity index (χ3n) is 4.35. The van der Waals surface area contributed by atoms with Crippen molar-refractivity contribution in [1.29, 1.82) is 0 Å². The third kappa shape index (κ3) is 3.99. The molecule has 7 nitrogen and oxygen atoms in total. The van der Waals surface area contributed by atoms with Crippen LogP contribution in [0.3, 0.4) is 0 Å². The molecule has 0 saturated carbocycles. The lowest BCUT2D eigenvalue weighted by Crippen LogP contribution is -2.38.